The van der Waals surface area contributed by atoms with Crippen LogP contribution in [0, 0.1) is 11.6 Å². The number of halogens is 2. The molecular formula is C18H20F2N4O. The van der Waals surface area contributed by atoms with E-state index in [-0.39, 0.29) is 18.3 Å². The summed E-state index contributed by atoms with van der Waals surface area (Å²) in [6.45, 7) is 0.402. The Labute approximate surface area is 145 Å². The third kappa shape index (κ3) is 5.87. The first-order valence-corrected chi connectivity index (χ1v) is 7.69. The average molecular weight is 346 g/mol. The zero-order chi connectivity index (χ0) is 18.2. The van der Waals surface area contributed by atoms with Crippen molar-refractivity contribution in [2.75, 3.05) is 26.0 Å². The van der Waals surface area contributed by atoms with Crippen LogP contribution in [-0.4, -0.2) is 37.4 Å². The van der Waals surface area contributed by atoms with E-state index in [1.165, 1.54) is 30.3 Å². The van der Waals surface area contributed by atoms with Crippen molar-refractivity contribution in [2.45, 2.75) is 6.54 Å². The number of benzene rings is 2. The maximum absolute atomic E-state index is 13.2. The van der Waals surface area contributed by atoms with Gasteiger partial charge in [0, 0.05) is 26.3 Å². The summed E-state index contributed by atoms with van der Waals surface area (Å²) < 4.78 is 26.4. The lowest BCUT2D eigenvalue weighted by molar-refractivity contribution is -0.115. The number of carbonyl (C=O) groups excluding carboxylic acids is 1. The van der Waals surface area contributed by atoms with Crippen molar-refractivity contribution < 1.29 is 13.6 Å². The highest BCUT2D eigenvalue weighted by molar-refractivity contribution is 5.94. The first-order chi connectivity index (χ1) is 12.0. The van der Waals surface area contributed by atoms with Gasteiger partial charge in [-0.25, -0.2) is 8.78 Å². The van der Waals surface area contributed by atoms with Gasteiger partial charge in [-0.2, -0.15) is 0 Å². The van der Waals surface area contributed by atoms with Crippen molar-refractivity contribution in [2.24, 2.45) is 4.99 Å². The molecule has 0 aliphatic rings. The smallest absolute Gasteiger partial charge is 0.243 e. The zero-order valence-corrected chi connectivity index (χ0v) is 14.1. The zero-order valence-electron chi connectivity index (χ0n) is 14.1. The predicted molar refractivity (Wildman–Crippen MR) is 94.3 cm³/mol. The van der Waals surface area contributed by atoms with Crippen LogP contribution in [0.3, 0.4) is 0 Å². The second-order valence-electron chi connectivity index (χ2n) is 5.45. The van der Waals surface area contributed by atoms with E-state index in [4.69, 9.17) is 0 Å². The van der Waals surface area contributed by atoms with Crippen LogP contribution in [0.25, 0.3) is 0 Å². The molecule has 7 heteroatoms. The fourth-order valence-corrected chi connectivity index (χ4v) is 2.30. The molecule has 0 spiro atoms. The quantitative estimate of drug-likeness (QED) is 0.646. The molecule has 0 bridgehead atoms. The molecule has 0 aliphatic heterocycles. The van der Waals surface area contributed by atoms with E-state index in [0.29, 0.717) is 18.2 Å². The van der Waals surface area contributed by atoms with Gasteiger partial charge in [-0.1, -0.05) is 18.2 Å². The van der Waals surface area contributed by atoms with Crippen LogP contribution in [0.4, 0.5) is 14.5 Å². The number of hydrogen-bond acceptors (Lipinski definition) is 2. The van der Waals surface area contributed by atoms with E-state index < -0.39 is 5.82 Å². The molecule has 132 valence electrons. The maximum Gasteiger partial charge on any atom is 0.243 e. The SMILES string of the molecule is CN=C(NCC(=O)Nc1cccc(F)c1)N(C)Cc1cccc(F)c1. The molecular weight excluding hydrogens is 326 g/mol. The third-order valence-electron chi connectivity index (χ3n) is 3.40. The molecule has 25 heavy (non-hydrogen) atoms. The third-order valence-corrected chi connectivity index (χ3v) is 3.40. The molecule has 5 nitrogen and oxygen atoms in total. The van der Waals surface area contributed by atoms with E-state index in [0.717, 1.165) is 5.56 Å². The summed E-state index contributed by atoms with van der Waals surface area (Å²) in [7, 11) is 3.37. The minimum absolute atomic E-state index is 0.0311. The average Bonchev–Trinajstić information content (AvgIpc) is 2.55. The summed E-state index contributed by atoms with van der Waals surface area (Å²) in [5.74, 6) is -0.565. The number of nitrogens with zero attached hydrogens (tertiary/aromatic N) is 2. The number of carbonyl (C=O) groups is 1. The van der Waals surface area contributed by atoms with Crippen LogP contribution < -0.4 is 10.6 Å². The second-order valence-corrected chi connectivity index (χ2v) is 5.45. The van der Waals surface area contributed by atoms with Crippen LogP contribution in [0.5, 0.6) is 0 Å². The standard InChI is InChI=1S/C18H20F2N4O/c1-21-18(24(2)12-13-5-3-6-14(19)9-13)22-11-17(25)23-16-8-4-7-15(20)10-16/h3-10H,11-12H2,1-2H3,(H,21,22)(H,23,25). The fourth-order valence-electron chi connectivity index (χ4n) is 2.30. The van der Waals surface area contributed by atoms with Gasteiger partial charge in [-0.05, 0) is 35.9 Å². The number of hydrogen-bond donors (Lipinski definition) is 2. The van der Waals surface area contributed by atoms with Gasteiger partial charge >= 0.3 is 0 Å². The predicted octanol–water partition coefficient (Wildman–Crippen LogP) is 2.61. The van der Waals surface area contributed by atoms with Gasteiger partial charge in [-0.3, -0.25) is 9.79 Å². The summed E-state index contributed by atoms with van der Waals surface area (Å²) in [6, 6.07) is 11.9. The Morgan fingerprint density at radius 1 is 1.12 bits per heavy atom. The molecule has 0 heterocycles. The van der Waals surface area contributed by atoms with Crippen LogP contribution >= 0.6 is 0 Å². The Hall–Kier alpha value is -2.96. The highest BCUT2D eigenvalue weighted by Gasteiger charge is 2.09. The van der Waals surface area contributed by atoms with Crippen LogP contribution in [0.15, 0.2) is 53.5 Å². The normalized spacial score (nSPS) is 11.1. The lowest BCUT2D eigenvalue weighted by Gasteiger charge is -2.22. The molecule has 0 saturated heterocycles. The van der Waals surface area contributed by atoms with Gasteiger partial charge in [0.1, 0.15) is 11.6 Å². The van der Waals surface area contributed by atoms with Crippen molar-refractivity contribution >= 4 is 17.6 Å². The highest BCUT2D eigenvalue weighted by atomic mass is 19.1. The van der Waals surface area contributed by atoms with Crippen LogP contribution in [-0.2, 0) is 11.3 Å². The number of guanidine groups is 1. The number of amides is 1. The van der Waals surface area contributed by atoms with E-state index in [1.807, 2.05) is 6.07 Å². The Bertz CT molecular complexity index is 764. The number of rotatable bonds is 5. The molecule has 0 radical (unpaired) electrons. The van der Waals surface area contributed by atoms with E-state index in [2.05, 4.69) is 15.6 Å². The lowest BCUT2D eigenvalue weighted by Crippen LogP contribution is -2.42. The first-order valence-electron chi connectivity index (χ1n) is 7.69. The largest absolute Gasteiger partial charge is 0.347 e. The topological polar surface area (TPSA) is 56.7 Å². The van der Waals surface area contributed by atoms with Crippen LogP contribution in [0.2, 0.25) is 0 Å². The summed E-state index contributed by atoms with van der Waals surface area (Å²) in [5.41, 5.74) is 1.17. The summed E-state index contributed by atoms with van der Waals surface area (Å²) >= 11 is 0. The number of anilines is 1. The Morgan fingerprint density at radius 3 is 2.44 bits per heavy atom. The molecule has 2 aromatic rings. The highest BCUT2D eigenvalue weighted by Crippen LogP contribution is 2.09. The van der Waals surface area contributed by atoms with Gasteiger partial charge < -0.3 is 15.5 Å². The molecule has 0 aromatic heterocycles. The molecule has 2 N–H and O–H groups in total. The van der Waals surface area contributed by atoms with Gasteiger partial charge in [-0.15, -0.1) is 0 Å². The lowest BCUT2D eigenvalue weighted by atomic mass is 10.2. The molecule has 1 amide bonds. The number of aliphatic imine (C=N–C) groups is 1. The Balaban J connectivity index is 1.87. The molecule has 2 rings (SSSR count). The molecule has 0 fully saturated rings. The molecule has 0 unspecified atom stereocenters. The monoisotopic (exact) mass is 346 g/mol. The van der Waals surface area contributed by atoms with Gasteiger partial charge in [0.05, 0.1) is 6.54 Å². The molecule has 2 aromatic carbocycles. The summed E-state index contributed by atoms with van der Waals surface area (Å²) in [5, 5.41) is 5.51. The van der Waals surface area contributed by atoms with Gasteiger partial charge in [0.2, 0.25) is 5.91 Å². The second kappa shape index (κ2) is 8.77. The molecule has 0 aliphatic carbocycles. The minimum atomic E-state index is -0.420. The maximum atomic E-state index is 13.2. The van der Waals surface area contributed by atoms with Crippen LogP contribution in [0.1, 0.15) is 5.56 Å². The van der Waals surface area contributed by atoms with E-state index in [1.54, 1.807) is 31.1 Å². The summed E-state index contributed by atoms with van der Waals surface area (Å²) in [6.07, 6.45) is 0. The van der Waals surface area contributed by atoms with E-state index >= 15 is 0 Å². The van der Waals surface area contributed by atoms with Gasteiger partial charge in [0.15, 0.2) is 5.96 Å². The van der Waals surface area contributed by atoms with Crippen molar-refractivity contribution in [3.8, 4) is 0 Å². The Morgan fingerprint density at radius 2 is 1.80 bits per heavy atom. The first kappa shape index (κ1) is 18.4. The number of nitrogens with one attached hydrogen (secondary N) is 2. The Kier molecular flexibility index (Phi) is 6.45. The van der Waals surface area contributed by atoms with Crippen molar-refractivity contribution in [1.29, 1.82) is 0 Å². The van der Waals surface area contributed by atoms with E-state index in [9.17, 15) is 13.6 Å². The summed E-state index contributed by atoms with van der Waals surface area (Å²) in [4.78, 5) is 17.8. The fraction of sp³-hybridized carbons (Fsp3) is 0.222. The molecule has 0 atom stereocenters. The van der Waals surface area contributed by atoms with Crippen molar-refractivity contribution in [1.82, 2.24) is 10.2 Å². The van der Waals surface area contributed by atoms with Gasteiger partial charge in [0.25, 0.3) is 0 Å². The minimum Gasteiger partial charge on any atom is -0.347 e. The van der Waals surface area contributed by atoms with Crippen molar-refractivity contribution in [3.05, 3.63) is 65.7 Å². The van der Waals surface area contributed by atoms with Crippen molar-refractivity contribution in [3.63, 3.8) is 0 Å². The molecule has 0 saturated carbocycles.